The molecule has 154 valence electrons. The molecule has 28 heavy (non-hydrogen) atoms. The first-order valence-electron chi connectivity index (χ1n) is 10.0. The Morgan fingerprint density at radius 3 is 2.46 bits per heavy atom. The molecule has 1 saturated heterocycles. The first-order chi connectivity index (χ1) is 13.0. The van der Waals surface area contributed by atoms with Gasteiger partial charge < -0.3 is 4.74 Å². The lowest BCUT2D eigenvalue weighted by Crippen LogP contribution is -2.34. The molecule has 0 aromatic carbocycles. The van der Waals surface area contributed by atoms with Gasteiger partial charge >= 0.3 is 0 Å². The molecule has 5 heteroatoms. The van der Waals surface area contributed by atoms with Crippen LogP contribution in [0.15, 0.2) is 36.7 Å². The third-order valence-electron chi connectivity index (χ3n) is 4.84. The van der Waals surface area contributed by atoms with Crippen LogP contribution >= 0.6 is 0 Å². The summed E-state index contributed by atoms with van der Waals surface area (Å²) in [6.45, 7) is 16.0. The fraction of sp³-hybridized carbons (Fsp3) is 0.609. The molecule has 0 bridgehead atoms. The standard InChI is InChI=1S/C23H34N2O3/c1-17(15-23(5,6)16-22(2,3)4)13-18-14-20(26)25(21(18)27)11-12-28-19-7-9-24-10-8-19/h7-10,18H,1,11-16H2,2-6H3. The number of aromatic nitrogens is 1. The molecule has 1 aliphatic heterocycles. The van der Waals surface area contributed by atoms with Crippen LogP contribution in [0, 0.1) is 16.7 Å². The van der Waals surface area contributed by atoms with Gasteiger partial charge in [0.2, 0.25) is 11.8 Å². The normalized spacial score (nSPS) is 17.9. The van der Waals surface area contributed by atoms with Gasteiger partial charge in [-0.25, -0.2) is 0 Å². The van der Waals surface area contributed by atoms with E-state index >= 15 is 0 Å². The van der Waals surface area contributed by atoms with E-state index in [9.17, 15) is 9.59 Å². The summed E-state index contributed by atoms with van der Waals surface area (Å²) in [4.78, 5) is 30.3. The summed E-state index contributed by atoms with van der Waals surface area (Å²) < 4.78 is 5.59. The van der Waals surface area contributed by atoms with Gasteiger partial charge in [0.05, 0.1) is 12.5 Å². The van der Waals surface area contributed by atoms with E-state index in [2.05, 4.69) is 46.2 Å². The van der Waals surface area contributed by atoms with Crippen molar-refractivity contribution in [2.45, 2.75) is 60.3 Å². The number of likely N-dealkylation sites (tertiary alicyclic amines) is 1. The second-order valence-corrected chi connectivity index (χ2v) is 9.85. The number of carbonyl (C=O) groups is 2. The lowest BCUT2D eigenvalue weighted by molar-refractivity contribution is -0.139. The number of amides is 2. The highest BCUT2D eigenvalue weighted by atomic mass is 16.5. The maximum absolute atomic E-state index is 12.7. The van der Waals surface area contributed by atoms with E-state index in [1.807, 2.05) is 0 Å². The molecule has 1 unspecified atom stereocenters. The Hall–Kier alpha value is -2.17. The Morgan fingerprint density at radius 1 is 1.21 bits per heavy atom. The van der Waals surface area contributed by atoms with E-state index in [0.717, 1.165) is 18.4 Å². The van der Waals surface area contributed by atoms with Crippen LogP contribution in [0.1, 0.15) is 60.3 Å². The van der Waals surface area contributed by atoms with Crippen LogP contribution in [-0.2, 0) is 9.59 Å². The third-order valence-corrected chi connectivity index (χ3v) is 4.84. The average Bonchev–Trinajstić information content (AvgIpc) is 2.80. The summed E-state index contributed by atoms with van der Waals surface area (Å²) in [7, 11) is 0. The number of carbonyl (C=O) groups excluding carboxylic acids is 2. The summed E-state index contributed by atoms with van der Waals surface area (Å²) in [6.07, 6.45) is 6.09. The topological polar surface area (TPSA) is 59.5 Å². The average molecular weight is 387 g/mol. The van der Waals surface area contributed by atoms with Gasteiger partial charge in [0.25, 0.3) is 0 Å². The van der Waals surface area contributed by atoms with Crippen molar-refractivity contribution in [1.82, 2.24) is 9.88 Å². The van der Waals surface area contributed by atoms with Crippen LogP contribution in [0.3, 0.4) is 0 Å². The maximum Gasteiger partial charge on any atom is 0.233 e. The molecule has 2 amide bonds. The molecule has 0 N–H and O–H groups in total. The maximum atomic E-state index is 12.7. The van der Waals surface area contributed by atoms with Gasteiger partial charge in [-0.3, -0.25) is 19.5 Å². The first kappa shape index (κ1) is 22.1. The highest BCUT2D eigenvalue weighted by molar-refractivity contribution is 6.03. The van der Waals surface area contributed by atoms with Crippen molar-refractivity contribution in [3.05, 3.63) is 36.7 Å². The number of nitrogens with zero attached hydrogens (tertiary/aromatic N) is 2. The van der Waals surface area contributed by atoms with Crippen molar-refractivity contribution >= 4 is 11.8 Å². The molecule has 1 fully saturated rings. The molecule has 2 heterocycles. The molecule has 5 nitrogen and oxygen atoms in total. The minimum absolute atomic E-state index is 0.0990. The molecule has 0 radical (unpaired) electrons. The summed E-state index contributed by atoms with van der Waals surface area (Å²) in [5.41, 5.74) is 1.42. The second kappa shape index (κ2) is 8.89. The lowest BCUT2D eigenvalue weighted by Gasteiger charge is -2.33. The zero-order chi connectivity index (χ0) is 20.9. The van der Waals surface area contributed by atoms with Gasteiger partial charge in [0.15, 0.2) is 0 Å². The summed E-state index contributed by atoms with van der Waals surface area (Å²) in [6, 6.07) is 3.50. The lowest BCUT2D eigenvalue weighted by atomic mass is 9.72. The Bertz CT molecular complexity index is 704. The van der Waals surface area contributed by atoms with Gasteiger partial charge in [-0.05, 0) is 42.2 Å². The van der Waals surface area contributed by atoms with Gasteiger partial charge in [0, 0.05) is 18.8 Å². The number of rotatable bonds is 9. The monoisotopic (exact) mass is 386 g/mol. The summed E-state index contributed by atoms with van der Waals surface area (Å²) in [5.74, 6) is 0.180. The zero-order valence-electron chi connectivity index (χ0n) is 18.0. The van der Waals surface area contributed by atoms with Crippen molar-refractivity contribution < 1.29 is 14.3 Å². The Labute approximate surface area is 169 Å². The highest BCUT2D eigenvalue weighted by Crippen LogP contribution is 2.39. The molecule has 1 aliphatic rings. The highest BCUT2D eigenvalue weighted by Gasteiger charge is 2.38. The molecule has 0 spiro atoms. The van der Waals surface area contributed by atoms with Gasteiger partial charge in [-0.2, -0.15) is 0 Å². The Kier molecular flexibility index (Phi) is 7.02. The molecular weight excluding hydrogens is 352 g/mol. The van der Waals surface area contributed by atoms with Crippen molar-refractivity contribution in [1.29, 1.82) is 0 Å². The van der Waals surface area contributed by atoms with Crippen molar-refractivity contribution in [3.8, 4) is 5.75 Å². The first-order valence-corrected chi connectivity index (χ1v) is 10.0. The fourth-order valence-corrected chi connectivity index (χ4v) is 4.43. The minimum Gasteiger partial charge on any atom is -0.492 e. The summed E-state index contributed by atoms with van der Waals surface area (Å²) in [5, 5.41) is 0. The van der Waals surface area contributed by atoms with E-state index in [1.54, 1.807) is 24.5 Å². The number of allylic oxidation sites excluding steroid dienone is 1. The minimum atomic E-state index is -0.286. The van der Waals surface area contributed by atoms with Crippen LogP contribution in [0.5, 0.6) is 5.75 Å². The second-order valence-electron chi connectivity index (χ2n) is 9.85. The number of ether oxygens (including phenoxy) is 1. The number of hydrogen-bond donors (Lipinski definition) is 0. The van der Waals surface area contributed by atoms with Crippen molar-refractivity contribution in [2.24, 2.45) is 16.7 Å². The molecular formula is C23H34N2O3. The Morgan fingerprint density at radius 2 is 1.86 bits per heavy atom. The van der Waals surface area contributed by atoms with Crippen LogP contribution in [0.2, 0.25) is 0 Å². The van der Waals surface area contributed by atoms with Crippen molar-refractivity contribution in [3.63, 3.8) is 0 Å². The number of pyridine rings is 1. The van der Waals surface area contributed by atoms with Gasteiger partial charge in [-0.15, -0.1) is 0 Å². The molecule has 1 atom stereocenters. The molecule has 2 rings (SSSR count). The molecule has 1 aromatic heterocycles. The van der Waals surface area contributed by atoms with Crippen LogP contribution < -0.4 is 4.74 Å². The van der Waals surface area contributed by atoms with E-state index in [0.29, 0.717) is 12.2 Å². The van der Waals surface area contributed by atoms with Crippen molar-refractivity contribution in [2.75, 3.05) is 13.2 Å². The smallest absolute Gasteiger partial charge is 0.233 e. The van der Waals surface area contributed by atoms with E-state index in [4.69, 9.17) is 4.74 Å². The van der Waals surface area contributed by atoms with Gasteiger partial charge in [0.1, 0.15) is 12.4 Å². The van der Waals surface area contributed by atoms with E-state index in [-0.39, 0.29) is 48.1 Å². The predicted octanol–water partition coefficient (Wildman–Crippen LogP) is 4.63. The molecule has 0 saturated carbocycles. The van der Waals surface area contributed by atoms with E-state index < -0.39 is 0 Å². The predicted molar refractivity (Wildman–Crippen MR) is 111 cm³/mol. The third kappa shape index (κ3) is 6.77. The largest absolute Gasteiger partial charge is 0.492 e. The molecule has 0 aliphatic carbocycles. The number of imide groups is 1. The van der Waals surface area contributed by atoms with E-state index in [1.165, 1.54) is 4.90 Å². The Balaban J connectivity index is 1.84. The zero-order valence-corrected chi connectivity index (χ0v) is 18.0. The van der Waals surface area contributed by atoms with Crippen LogP contribution in [0.25, 0.3) is 0 Å². The quantitative estimate of drug-likeness (QED) is 0.458. The van der Waals surface area contributed by atoms with Crippen LogP contribution in [0.4, 0.5) is 0 Å². The summed E-state index contributed by atoms with van der Waals surface area (Å²) >= 11 is 0. The molecule has 1 aromatic rings. The van der Waals surface area contributed by atoms with Gasteiger partial charge in [-0.1, -0.05) is 46.8 Å². The number of hydrogen-bond acceptors (Lipinski definition) is 4. The van der Waals surface area contributed by atoms with Crippen LogP contribution in [-0.4, -0.2) is 34.8 Å². The SMILES string of the molecule is C=C(CC1CC(=O)N(CCOc2ccncc2)C1=O)CC(C)(C)CC(C)(C)C. The fourth-order valence-electron chi connectivity index (χ4n) is 4.43.